The number of nitrogens with one attached hydrogen (secondary N) is 2. The Morgan fingerprint density at radius 3 is 2.41 bits per heavy atom. The van der Waals surface area contributed by atoms with Gasteiger partial charge >= 0.3 is 0 Å². The van der Waals surface area contributed by atoms with Crippen LogP contribution in [0, 0.1) is 0 Å². The van der Waals surface area contributed by atoms with Crippen molar-refractivity contribution in [2.75, 3.05) is 24.3 Å². The molecule has 0 aliphatic carbocycles. The van der Waals surface area contributed by atoms with Crippen LogP contribution in [0.2, 0.25) is 0 Å². The van der Waals surface area contributed by atoms with Crippen molar-refractivity contribution in [3.05, 3.63) is 48.3 Å². The Kier molecular flexibility index (Phi) is 3.14. The van der Waals surface area contributed by atoms with E-state index in [1.807, 2.05) is 43.3 Å². The molecule has 0 fully saturated rings. The second-order valence-corrected chi connectivity index (χ2v) is 3.98. The van der Waals surface area contributed by atoms with Gasteiger partial charge in [-0.15, -0.1) is 0 Å². The van der Waals surface area contributed by atoms with Crippen molar-refractivity contribution >= 4 is 17.3 Å². The van der Waals surface area contributed by atoms with E-state index in [0.717, 1.165) is 11.4 Å². The molecule has 0 unspecified atom stereocenters. The number of aromatic amines is 1. The highest BCUT2D eigenvalue weighted by Crippen LogP contribution is 2.16. The Morgan fingerprint density at radius 2 is 1.88 bits per heavy atom. The van der Waals surface area contributed by atoms with Crippen molar-refractivity contribution in [1.82, 2.24) is 4.98 Å². The fraction of sp³-hybridized carbons (Fsp3) is 0.154. The van der Waals surface area contributed by atoms with E-state index in [0.29, 0.717) is 5.69 Å². The molecule has 0 saturated carbocycles. The first-order valence-electron chi connectivity index (χ1n) is 5.39. The number of aromatic nitrogens is 1. The summed E-state index contributed by atoms with van der Waals surface area (Å²) in [6.07, 6.45) is 1.73. The van der Waals surface area contributed by atoms with Crippen LogP contribution in [-0.4, -0.2) is 25.0 Å². The van der Waals surface area contributed by atoms with Gasteiger partial charge < -0.3 is 15.2 Å². The summed E-state index contributed by atoms with van der Waals surface area (Å²) in [5, 5.41) is 2.82. The zero-order valence-corrected chi connectivity index (χ0v) is 9.90. The third-order valence-electron chi connectivity index (χ3n) is 2.48. The normalized spacial score (nSPS) is 10.0. The smallest absolute Gasteiger partial charge is 0.272 e. The molecule has 0 saturated heterocycles. The number of hydrogen-bond acceptors (Lipinski definition) is 2. The van der Waals surface area contributed by atoms with Gasteiger partial charge in [0.05, 0.1) is 0 Å². The molecule has 0 atom stereocenters. The van der Waals surface area contributed by atoms with Crippen LogP contribution >= 0.6 is 0 Å². The Hall–Kier alpha value is -2.23. The van der Waals surface area contributed by atoms with Crippen LogP contribution in [0.15, 0.2) is 42.6 Å². The van der Waals surface area contributed by atoms with E-state index in [2.05, 4.69) is 10.3 Å². The molecular formula is C13H15N3O. The van der Waals surface area contributed by atoms with Gasteiger partial charge in [0.2, 0.25) is 0 Å². The van der Waals surface area contributed by atoms with Crippen LogP contribution in [0.1, 0.15) is 10.5 Å². The minimum absolute atomic E-state index is 0.132. The zero-order valence-electron chi connectivity index (χ0n) is 9.90. The highest BCUT2D eigenvalue weighted by Gasteiger charge is 2.05. The van der Waals surface area contributed by atoms with Gasteiger partial charge in [-0.2, -0.15) is 0 Å². The summed E-state index contributed by atoms with van der Waals surface area (Å²) in [6.45, 7) is 0. The first-order chi connectivity index (χ1) is 8.16. The van der Waals surface area contributed by atoms with Gasteiger partial charge in [0.1, 0.15) is 5.69 Å². The molecule has 1 aromatic carbocycles. The number of nitrogens with zero attached hydrogens (tertiary/aromatic N) is 1. The molecule has 17 heavy (non-hydrogen) atoms. The SMILES string of the molecule is CN(C)c1ccc(NC(=O)c2ccc[nH]2)cc1. The molecule has 2 rings (SSSR count). The highest BCUT2D eigenvalue weighted by atomic mass is 16.1. The fourth-order valence-electron chi connectivity index (χ4n) is 1.51. The monoisotopic (exact) mass is 229 g/mol. The molecule has 4 heteroatoms. The summed E-state index contributed by atoms with van der Waals surface area (Å²) in [7, 11) is 3.96. The first kappa shape index (κ1) is 11.3. The van der Waals surface area contributed by atoms with Crippen molar-refractivity contribution < 1.29 is 4.79 Å². The van der Waals surface area contributed by atoms with Gasteiger partial charge in [-0.05, 0) is 36.4 Å². The van der Waals surface area contributed by atoms with Crippen LogP contribution in [0.25, 0.3) is 0 Å². The maximum absolute atomic E-state index is 11.7. The van der Waals surface area contributed by atoms with Crippen molar-refractivity contribution in [2.24, 2.45) is 0 Å². The van der Waals surface area contributed by atoms with Crippen LogP contribution in [0.3, 0.4) is 0 Å². The molecular weight excluding hydrogens is 214 g/mol. The maximum Gasteiger partial charge on any atom is 0.272 e. The summed E-state index contributed by atoms with van der Waals surface area (Å²) in [4.78, 5) is 16.6. The molecule has 0 aliphatic heterocycles. The quantitative estimate of drug-likeness (QED) is 0.848. The summed E-state index contributed by atoms with van der Waals surface area (Å²) >= 11 is 0. The fourth-order valence-corrected chi connectivity index (χ4v) is 1.51. The number of amides is 1. The van der Waals surface area contributed by atoms with Gasteiger partial charge in [0, 0.05) is 31.7 Å². The number of anilines is 2. The highest BCUT2D eigenvalue weighted by molar-refractivity contribution is 6.02. The molecule has 88 valence electrons. The van der Waals surface area contributed by atoms with Crippen LogP contribution in [0.4, 0.5) is 11.4 Å². The average molecular weight is 229 g/mol. The zero-order chi connectivity index (χ0) is 12.3. The van der Waals surface area contributed by atoms with E-state index < -0.39 is 0 Å². The van der Waals surface area contributed by atoms with Crippen LogP contribution < -0.4 is 10.2 Å². The molecule has 1 amide bonds. The van der Waals surface area contributed by atoms with Crippen LogP contribution in [0.5, 0.6) is 0 Å². The number of hydrogen-bond donors (Lipinski definition) is 2. The summed E-state index contributed by atoms with van der Waals surface area (Å²) in [6, 6.07) is 11.2. The van der Waals surface area contributed by atoms with Gasteiger partial charge in [-0.25, -0.2) is 0 Å². The largest absolute Gasteiger partial charge is 0.378 e. The topological polar surface area (TPSA) is 48.1 Å². The van der Waals surface area contributed by atoms with Crippen molar-refractivity contribution in [2.45, 2.75) is 0 Å². The number of carbonyl (C=O) groups excluding carboxylic acids is 1. The van der Waals surface area contributed by atoms with Crippen molar-refractivity contribution in [3.63, 3.8) is 0 Å². The lowest BCUT2D eigenvalue weighted by molar-refractivity contribution is 0.102. The lowest BCUT2D eigenvalue weighted by Gasteiger charge is -2.12. The Bertz CT molecular complexity index is 486. The van der Waals surface area contributed by atoms with E-state index in [-0.39, 0.29) is 5.91 Å². The van der Waals surface area contributed by atoms with Gasteiger partial charge in [0.15, 0.2) is 0 Å². The number of H-pyrrole nitrogens is 1. The summed E-state index contributed by atoms with van der Waals surface area (Å²) in [5.74, 6) is -0.132. The predicted molar refractivity (Wildman–Crippen MR) is 69.5 cm³/mol. The van der Waals surface area contributed by atoms with Crippen molar-refractivity contribution in [1.29, 1.82) is 0 Å². The summed E-state index contributed by atoms with van der Waals surface area (Å²) < 4.78 is 0. The van der Waals surface area contributed by atoms with E-state index in [9.17, 15) is 4.79 Å². The van der Waals surface area contributed by atoms with E-state index in [1.165, 1.54) is 0 Å². The molecule has 4 nitrogen and oxygen atoms in total. The van der Waals surface area contributed by atoms with Crippen molar-refractivity contribution in [3.8, 4) is 0 Å². The second-order valence-electron chi connectivity index (χ2n) is 3.98. The third-order valence-corrected chi connectivity index (χ3v) is 2.48. The average Bonchev–Trinajstić information content (AvgIpc) is 2.83. The first-order valence-corrected chi connectivity index (χ1v) is 5.39. The molecule has 0 bridgehead atoms. The molecule has 1 heterocycles. The van der Waals surface area contributed by atoms with Gasteiger partial charge in [0.25, 0.3) is 5.91 Å². The molecule has 0 radical (unpaired) electrons. The summed E-state index contributed by atoms with van der Waals surface area (Å²) in [5.41, 5.74) is 2.44. The molecule has 0 aliphatic rings. The standard InChI is InChI=1S/C13H15N3O/c1-16(2)11-7-5-10(6-8-11)15-13(17)12-4-3-9-14-12/h3-9,14H,1-2H3,(H,15,17). The van der Waals surface area contributed by atoms with E-state index in [4.69, 9.17) is 0 Å². The third kappa shape index (κ3) is 2.66. The molecule has 2 N–H and O–H groups in total. The molecule has 0 spiro atoms. The minimum Gasteiger partial charge on any atom is -0.378 e. The second kappa shape index (κ2) is 4.74. The van der Waals surface area contributed by atoms with E-state index >= 15 is 0 Å². The Labute approximate surface area is 100 Å². The van der Waals surface area contributed by atoms with E-state index in [1.54, 1.807) is 18.3 Å². The molecule has 1 aromatic heterocycles. The minimum atomic E-state index is -0.132. The Balaban J connectivity index is 2.07. The lowest BCUT2D eigenvalue weighted by atomic mass is 10.2. The van der Waals surface area contributed by atoms with Crippen LogP contribution in [-0.2, 0) is 0 Å². The number of rotatable bonds is 3. The number of carbonyl (C=O) groups is 1. The number of benzene rings is 1. The molecule has 2 aromatic rings. The van der Waals surface area contributed by atoms with Gasteiger partial charge in [-0.1, -0.05) is 0 Å². The predicted octanol–water partition coefficient (Wildman–Crippen LogP) is 2.33. The maximum atomic E-state index is 11.7. The lowest BCUT2D eigenvalue weighted by Crippen LogP contribution is -2.12. The van der Waals surface area contributed by atoms with Gasteiger partial charge in [-0.3, -0.25) is 4.79 Å². The Morgan fingerprint density at radius 1 is 1.18 bits per heavy atom.